The van der Waals surface area contributed by atoms with Crippen LogP contribution in [0, 0.1) is 0 Å². The van der Waals surface area contributed by atoms with Gasteiger partial charge in [0.2, 0.25) is 6.41 Å². The lowest BCUT2D eigenvalue weighted by Crippen LogP contribution is -2.55. The summed E-state index contributed by atoms with van der Waals surface area (Å²) in [4.78, 5) is 0. The zero-order valence-corrected chi connectivity index (χ0v) is 12.3. The second-order valence-electron chi connectivity index (χ2n) is 5.00. The molecule has 5 atom stereocenters. The van der Waals surface area contributed by atoms with Gasteiger partial charge in [0, 0.05) is 12.1 Å². The fourth-order valence-corrected chi connectivity index (χ4v) is 1.63. The van der Waals surface area contributed by atoms with Crippen LogP contribution in [0.15, 0.2) is 30.3 Å². The Hall–Kier alpha value is -1.06. The maximum atomic E-state index is 9.86. The van der Waals surface area contributed by atoms with Crippen molar-refractivity contribution < 1.29 is 20.1 Å². The van der Waals surface area contributed by atoms with Crippen LogP contribution in [-0.2, 0) is 11.3 Å². The molecule has 1 aromatic carbocycles. The van der Waals surface area contributed by atoms with E-state index in [0.29, 0.717) is 0 Å². The largest absolute Gasteiger partial charge is 0.377 e. The first kappa shape index (κ1) is 18.0. The smallest absolute Gasteiger partial charge is 0.214 e. The number of aliphatic hydroxyl groups is 3. The Morgan fingerprint density at radius 2 is 1.67 bits per heavy atom. The maximum Gasteiger partial charge on any atom is 0.214 e. The van der Waals surface area contributed by atoms with E-state index in [2.05, 4.69) is 10.6 Å². The van der Waals surface area contributed by atoms with Gasteiger partial charge < -0.3 is 25.8 Å². The Bertz CT molecular complexity index is 391. The standard InChI is InChI=1S/C14H25N3O4/c1-9(12(15)18)16-13(19)10(2)17-14(20)21-8-11-6-4-3-5-7-11/h3-7,9-10,12-14,16-20H,8,15H2,1-2H3/t9-,10+,12?,13?,14?/m1/s1. The van der Waals surface area contributed by atoms with Crippen molar-refractivity contribution >= 4 is 0 Å². The highest BCUT2D eigenvalue weighted by molar-refractivity contribution is 5.13. The lowest BCUT2D eigenvalue weighted by atomic mass is 10.2. The number of aliphatic hydroxyl groups excluding tert-OH is 3. The molecule has 0 aromatic heterocycles. The minimum atomic E-state index is -1.21. The third kappa shape index (κ3) is 6.96. The van der Waals surface area contributed by atoms with Gasteiger partial charge in [-0.05, 0) is 19.4 Å². The summed E-state index contributed by atoms with van der Waals surface area (Å²) in [7, 11) is 0. The molecular weight excluding hydrogens is 274 g/mol. The quantitative estimate of drug-likeness (QED) is 0.325. The van der Waals surface area contributed by atoms with Gasteiger partial charge in [-0.15, -0.1) is 0 Å². The van der Waals surface area contributed by atoms with E-state index in [1.165, 1.54) is 0 Å². The van der Waals surface area contributed by atoms with Gasteiger partial charge in [-0.3, -0.25) is 10.6 Å². The molecule has 3 unspecified atom stereocenters. The van der Waals surface area contributed by atoms with Crippen LogP contribution in [0.4, 0.5) is 0 Å². The minimum absolute atomic E-state index is 0.253. The van der Waals surface area contributed by atoms with Gasteiger partial charge in [-0.25, -0.2) is 0 Å². The minimum Gasteiger partial charge on any atom is -0.377 e. The van der Waals surface area contributed by atoms with Gasteiger partial charge in [-0.1, -0.05) is 30.3 Å². The van der Waals surface area contributed by atoms with Crippen molar-refractivity contribution in [3.8, 4) is 0 Å². The molecular formula is C14H25N3O4. The Labute approximate surface area is 124 Å². The highest BCUT2D eigenvalue weighted by Crippen LogP contribution is 2.02. The van der Waals surface area contributed by atoms with Crippen molar-refractivity contribution in [3.05, 3.63) is 35.9 Å². The summed E-state index contributed by atoms with van der Waals surface area (Å²) in [6.45, 7) is 3.56. The highest BCUT2D eigenvalue weighted by Gasteiger charge is 2.20. The number of hydrogen-bond donors (Lipinski definition) is 6. The summed E-state index contributed by atoms with van der Waals surface area (Å²) in [5.41, 5.74) is 6.22. The second-order valence-corrected chi connectivity index (χ2v) is 5.00. The van der Waals surface area contributed by atoms with Gasteiger partial charge in [-0.2, -0.15) is 0 Å². The van der Waals surface area contributed by atoms with Crippen molar-refractivity contribution in [1.29, 1.82) is 0 Å². The van der Waals surface area contributed by atoms with Crippen molar-refractivity contribution in [1.82, 2.24) is 10.6 Å². The first-order valence-electron chi connectivity index (χ1n) is 6.87. The van der Waals surface area contributed by atoms with Crippen LogP contribution < -0.4 is 16.4 Å². The number of nitrogens with two attached hydrogens (primary N) is 1. The predicted molar refractivity (Wildman–Crippen MR) is 78.6 cm³/mol. The molecule has 0 amide bonds. The van der Waals surface area contributed by atoms with Crippen LogP contribution in [0.3, 0.4) is 0 Å². The molecule has 120 valence electrons. The summed E-state index contributed by atoms with van der Waals surface area (Å²) < 4.78 is 5.23. The van der Waals surface area contributed by atoms with E-state index >= 15 is 0 Å². The molecule has 7 nitrogen and oxygen atoms in total. The van der Waals surface area contributed by atoms with E-state index in [4.69, 9.17) is 15.6 Å². The topological polar surface area (TPSA) is 120 Å². The average Bonchev–Trinajstić information content (AvgIpc) is 2.45. The third-order valence-electron chi connectivity index (χ3n) is 3.08. The molecule has 0 aliphatic carbocycles. The summed E-state index contributed by atoms with van der Waals surface area (Å²) in [5.74, 6) is 0. The van der Waals surface area contributed by atoms with Crippen LogP contribution in [0.1, 0.15) is 19.4 Å². The molecule has 0 radical (unpaired) electrons. The molecule has 0 bridgehead atoms. The number of benzene rings is 1. The zero-order valence-electron chi connectivity index (χ0n) is 12.3. The Balaban J connectivity index is 2.31. The van der Waals surface area contributed by atoms with Crippen molar-refractivity contribution in [2.45, 2.75) is 51.4 Å². The lowest BCUT2D eigenvalue weighted by molar-refractivity contribution is -0.140. The van der Waals surface area contributed by atoms with E-state index in [9.17, 15) is 10.2 Å². The van der Waals surface area contributed by atoms with E-state index in [1.807, 2.05) is 30.3 Å². The Kier molecular flexibility index (Phi) is 7.76. The summed E-state index contributed by atoms with van der Waals surface area (Å²) in [5, 5.41) is 34.1. The van der Waals surface area contributed by atoms with Crippen LogP contribution in [-0.4, -0.2) is 46.3 Å². The molecule has 0 saturated heterocycles. The van der Waals surface area contributed by atoms with Crippen LogP contribution in [0.2, 0.25) is 0 Å². The predicted octanol–water partition coefficient (Wildman–Crippen LogP) is -0.969. The SMILES string of the molecule is C[C@H](NC(O)OCc1ccccc1)C(O)N[C@H](C)C(N)O. The van der Waals surface area contributed by atoms with E-state index in [0.717, 1.165) is 5.56 Å². The van der Waals surface area contributed by atoms with Crippen LogP contribution in [0.25, 0.3) is 0 Å². The van der Waals surface area contributed by atoms with E-state index in [1.54, 1.807) is 13.8 Å². The van der Waals surface area contributed by atoms with Gasteiger partial charge in [0.15, 0.2) is 0 Å². The summed E-state index contributed by atoms with van der Waals surface area (Å²) >= 11 is 0. The third-order valence-corrected chi connectivity index (χ3v) is 3.08. The van der Waals surface area contributed by atoms with E-state index < -0.39 is 31.0 Å². The number of ether oxygens (including phenoxy) is 1. The molecule has 0 aliphatic heterocycles. The van der Waals surface area contributed by atoms with Gasteiger partial charge in [0.05, 0.1) is 6.61 Å². The summed E-state index contributed by atoms with van der Waals surface area (Å²) in [6.07, 6.45) is -3.28. The molecule has 1 rings (SSSR count). The lowest BCUT2D eigenvalue weighted by Gasteiger charge is -2.27. The fraction of sp³-hybridized carbons (Fsp3) is 0.571. The van der Waals surface area contributed by atoms with Crippen LogP contribution >= 0.6 is 0 Å². The first-order chi connectivity index (χ1) is 9.90. The molecule has 7 heteroatoms. The molecule has 0 heterocycles. The molecule has 21 heavy (non-hydrogen) atoms. The van der Waals surface area contributed by atoms with Crippen molar-refractivity contribution in [2.75, 3.05) is 0 Å². The number of nitrogens with one attached hydrogen (secondary N) is 2. The molecule has 1 aromatic rings. The number of hydrogen-bond acceptors (Lipinski definition) is 7. The second kappa shape index (κ2) is 9.06. The van der Waals surface area contributed by atoms with Crippen molar-refractivity contribution in [2.24, 2.45) is 5.73 Å². The Morgan fingerprint density at radius 1 is 1.05 bits per heavy atom. The van der Waals surface area contributed by atoms with Crippen LogP contribution in [0.5, 0.6) is 0 Å². The van der Waals surface area contributed by atoms with Crippen molar-refractivity contribution in [3.63, 3.8) is 0 Å². The molecule has 0 saturated carbocycles. The van der Waals surface area contributed by atoms with Gasteiger partial charge in [0.25, 0.3) is 0 Å². The maximum absolute atomic E-state index is 9.86. The normalized spacial score (nSPS) is 18.8. The van der Waals surface area contributed by atoms with Gasteiger partial charge >= 0.3 is 0 Å². The zero-order chi connectivity index (χ0) is 15.8. The molecule has 7 N–H and O–H groups in total. The number of rotatable bonds is 9. The average molecular weight is 299 g/mol. The monoisotopic (exact) mass is 299 g/mol. The highest BCUT2D eigenvalue weighted by atomic mass is 16.6. The Morgan fingerprint density at radius 3 is 2.24 bits per heavy atom. The summed E-state index contributed by atoms with van der Waals surface area (Å²) in [6, 6.07) is 8.45. The van der Waals surface area contributed by atoms with Gasteiger partial charge in [0.1, 0.15) is 12.5 Å². The van der Waals surface area contributed by atoms with E-state index in [-0.39, 0.29) is 6.61 Å². The molecule has 0 aliphatic rings. The fourth-order valence-electron chi connectivity index (χ4n) is 1.63. The first-order valence-corrected chi connectivity index (χ1v) is 6.87. The molecule has 0 fully saturated rings. The molecule has 0 spiro atoms.